The Morgan fingerprint density at radius 1 is 0.493 bits per heavy atom. The Hall–Kier alpha value is -5.68. The number of anilines is 8. The smallest absolute Gasteiger partial charge is 0.297 e. The van der Waals surface area contributed by atoms with Crippen molar-refractivity contribution < 1.29 is 4.42 Å². The number of hydrogen-bond donors (Lipinski definition) is 0. The Labute approximate surface area is 401 Å². The maximum atomic E-state index is 7.42. The summed E-state index contributed by atoms with van der Waals surface area (Å²) >= 11 is 0. The highest BCUT2D eigenvalue weighted by molar-refractivity contribution is 7.00. The summed E-state index contributed by atoms with van der Waals surface area (Å²) in [4.78, 5) is 7.94. The second-order valence-corrected chi connectivity index (χ2v) is 25.1. The molecule has 1 fully saturated rings. The molecule has 0 bridgehead atoms. The zero-order chi connectivity index (χ0) is 47.4. The first-order chi connectivity index (χ1) is 31.5. The SMILES string of the molecule is CC(C)(C)c1ccc(N2c3ccc(C(C)(C)C)cc3B3c4oc5ccc(C(C)(C)C)cc5c4N(c4ccc(C(C)(C)C)cc4)c4cc(N5c6ccccc6C6(C)CCCCC56C)cc2c43)cc1. The molecule has 0 N–H and O–H groups in total. The minimum Gasteiger partial charge on any atom is -0.468 e. The Morgan fingerprint density at radius 3 is 1.63 bits per heavy atom. The van der Waals surface area contributed by atoms with E-state index < -0.39 is 0 Å². The van der Waals surface area contributed by atoms with Crippen LogP contribution in [0.1, 0.15) is 150 Å². The van der Waals surface area contributed by atoms with Crippen LogP contribution in [0.15, 0.2) is 126 Å². The zero-order valence-electron chi connectivity index (χ0n) is 42.7. The summed E-state index contributed by atoms with van der Waals surface area (Å²) in [5, 5.41) is 1.16. The van der Waals surface area contributed by atoms with E-state index in [1.54, 1.807) is 0 Å². The van der Waals surface area contributed by atoms with Gasteiger partial charge in [-0.15, -0.1) is 0 Å². The largest absolute Gasteiger partial charge is 0.468 e. The number of furan rings is 1. The minimum absolute atomic E-state index is 0.00963. The second-order valence-electron chi connectivity index (χ2n) is 25.1. The molecule has 342 valence electrons. The fourth-order valence-electron chi connectivity index (χ4n) is 12.4. The first kappa shape index (κ1) is 43.9. The van der Waals surface area contributed by atoms with E-state index in [1.165, 1.54) is 86.4 Å². The molecule has 7 aromatic rings. The van der Waals surface area contributed by atoms with E-state index >= 15 is 0 Å². The van der Waals surface area contributed by atoms with Gasteiger partial charge in [0.05, 0.1) is 16.9 Å². The third kappa shape index (κ3) is 6.53. The minimum atomic E-state index is -0.145. The first-order valence-corrected chi connectivity index (χ1v) is 25.1. The van der Waals surface area contributed by atoms with Crippen LogP contribution in [0.3, 0.4) is 0 Å². The van der Waals surface area contributed by atoms with Crippen molar-refractivity contribution in [1.29, 1.82) is 0 Å². The molecule has 3 aliphatic heterocycles. The predicted octanol–water partition coefficient (Wildman–Crippen LogP) is 15.4. The first-order valence-electron chi connectivity index (χ1n) is 25.1. The van der Waals surface area contributed by atoms with Gasteiger partial charge in [0.2, 0.25) is 0 Å². The number of benzene rings is 6. The van der Waals surface area contributed by atoms with Gasteiger partial charge >= 0.3 is 0 Å². The van der Waals surface area contributed by atoms with E-state index in [4.69, 9.17) is 4.42 Å². The fourth-order valence-corrected chi connectivity index (χ4v) is 12.4. The van der Waals surface area contributed by atoms with Crippen LogP contribution in [0.4, 0.5) is 45.5 Å². The molecule has 4 nitrogen and oxygen atoms in total. The number of fused-ring (bicyclic) bond motifs is 9. The highest BCUT2D eigenvalue weighted by atomic mass is 16.3. The van der Waals surface area contributed by atoms with Crippen LogP contribution in [0, 0.1) is 0 Å². The van der Waals surface area contributed by atoms with E-state index in [-0.39, 0.29) is 39.3 Å². The van der Waals surface area contributed by atoms with Crippen LogP contribution in [-0.2, 0) is 27.1 Å². The molecule has 2 unspecified atom stereocenters. The summed E-state index contributed by atoms with van der Waals surface area (Å²) in [5.41, 5.74) is 20.7. The highest BCUT2D eigenvalue weighted by Crippen LogP contribution is 2.62. The van der Waals surface area contributed by atoms with Gasteiger partial charge in [-0.1, -0.05) is 164 Å². The Kier molecular flexibility index (Phi) is 9.44. The molecule has 1 aliphatic carbocycles. The number of para-hydroxylation sites is 1. The topological polar surface area (TPSA) is 22.9 Å². The van der Waals surface area contributed by atoms with Crippen LogP contribution < -0.4 is 31.3 Å². The summed E-state index contributed by atoms with van der Waals surface area (Å²) in [7, 11) is 0. The zero-order valence-corrected chi connectivity index (χ0v) is 42.7. The van der Waals surface area contributed by atoms with E-state index in [1.807, 2.05) is 0 Å². The van der Waals surface area contributed by atoms with Crippen LogP contribution >= 0.6 is 0 Å². The molecule has 2 atom stereocenters. The van der Waals surface area contributed by atoms with Gasteiger partial charge in [-0.2, -0.15) is 0 Å². The van der Waals surface area contributed by atoms with Crippen molar-refractivity contribution >= 4 is 79.8 Å². The molecule has 4 heterocycles. The summed E-state index contributed by atoms with van der Waals surface area (Å²) in [6, 6.07) is 47.5. The Balaban J connectivity index is 1.29. The van der Waals surface area contributed by atoms with Crippen molar-refractivity contribution in [2.24, 2.45) is 0 Å². The van der Waals surface area contributed by atoms with Crippen molar-refractivity contribution in [2.75, 3.05) is 14.7 Å². The molecule has 0 radical (unpaired) electrons. The molecule has 67 heavy (non-hydrogen) atoms. The van der Waals surface area contributed by atoms with Crippen molar-refractivity contribution in [2.45, 2.75) is 155 Å². The van der Waals surface area contributed by atoms with Crippen molar-refractivity contribution in [1.82, 2.24) is 0 Å². The van der Waals surface area contributed by atoms with Gasteiger partial charge in [-0.25, -0.2) is 0 Å². The third-order valence-electron chi connectivity index (χ3n) is 16.6. The average molecular weight is 884 g/mol. The summed E-state index contributed by atoms with van der Waals surface area (Å²) in [5.74, 6) is 0. The lowest BCUT2D eigenvalue weighted by molar-refractivity contribution is 0.195. The van der Waals surface area contributed by atoms with Gasteiger partial charge in [0.1, 0.15) is 5.58 Å². The molecular weight excluding hydrogens is 814 g/mol. The summed E-state index contributed by atoms with van der Waals surface area (Å²) in [6.07, 6.45) is 4.79. The van der Waals surface area contributed by atoms with Crippen LogP contribution in [-0.4, -0.2) is 12.3 Å². The number of rotatable bonds is 3. The predicted molar refractivity (Wildman–Crippen MR) is 288 cm³/mol. The van der Waals surface area contributed by atoms with Crippen molar-refractivity contribution in [3.63, 3.8) is 0 Å². The number of hydrogen-bond acceptors (Lipinski definition) is 4. The Bertz CT molecular complexity index is 3110. The lowest BCUT2D eigenvalue weighted by Gasteiger charge is -2.51. The number of nitrogens with zero attached hydrogens (tertiary/aromatic N) is 3. The molecule has 5 heteroatoms. The summed E-state index contributed by atoms with van der Waals surface area (Å²) < 4.78 is 7.42. The average Bonchev–Trinajstić information content (AvgIpc) is 3.74. The van der Waals surface area contributed by atoms with Gasteiger partial charge in [-0.05, 0) is 141 Å². The standard InChI is InChI=1S/C62H70BN3O/c1-57(2,3)39-21-27-43(28-22-39)64-50-31-25-42(60(10,11)12)36-48(50)63-54-51(64)37-45(66-49-20-16-15-19-47(49)61(13)33-17-18-34-62(61,66)14)38-52(54)65(44-29-23-40(24-30-44)58(4,5)6)55-46-35-41(59(7,8)9)26-32-53(46)67-56(55)63/h15-16,19-32,35-38H,17-18,33-34H2,1-14H3. The maximum Gasteiger partial charge on any atom is 0.297 e. The van der Waals surface area contributed by atoms with Crippen LogP contribution in [0.2, 0.25) is 0 Å². The molecule has 0 saturated heterocycles. The lowest BCUT2D eigenvalue weighted by Crippen LogP contribution is -2.61. The van der Waals surface area contributed by atoms with Crippen molar-refractivity contribution in [3.05, 3.63) is 149 Å². The fraction of sp³-hybridized carbons (Fsp3) is 0.387. The molecular formula is C62H70BN3O. The van der Waals surface area contributed by atoms with Gasteiger partial charge in [0, 0.05) is 50.6 Å². The van der Waals surface area contributed by atoms with E-state index in [0.717, 1.165) is 40.1 Å². The maximum absolute atomic E-state index is 7.42. The van der Waals surface area contributed by atoms with Gasteiger partial charge in [0.15, 0.2) is 0 Å². The highest BCUT2D eigenvalue weighted by Gasteiger charge is 2.58. The van der Waals surface area contributed by atoms with Gasteiger partial charge < -0.3 is 19.1 Å². The summed E-state index contributed by atoms with van der Waals surface area (Å²) in [6.45, 7) is 32.8. The monoisotopic (exact) mass is 884 g/mol. The Morgan fingerprint density at radius 2 is 1.01 bits per heavy atom. The van der Waals surface area contributed by atoms with Gasteiger partial charge in [-0.3, -0.25) is 0 Å². The van der Waals surface area contributed by atoms with E-state index in [0.29, 0.717) is 0 Å². The molecule has 0 spiro atoms. The second kappa shape index (κ2) is 14.4. The normalized spacial score (nSPS) is 20.1. The molecule has 4 aliphatic rings. The van der Waals surface area contributed by atoms with E-state index in [9.17, 15) is 0 Å². The van der Waals surface area contributed by atoms with E-state index in [2.05, 4.69) is 233 Å². The van der Waals surface area contributed by atoms with Gasteiger partial charge in [0.25, 0.3) is 6.71 Å². The quantitative estimate of drug-likeness (QED) is 0.165. The molecule has 11 rings (SSSR count). The molecule has 1 aromatic heterocycles. The lowest BCUT2D eigenvalue weighted by atomic mass is 9.35. The molecule has 0 amide bonds. The molecule has 6 aromatic carbocycles. The van der Waals surface area contributed by atoms with Crippen LogP contribution in [0.25, 0.3) is 11.0 Å². The molecule has 1 saturated carbocycles. The van der Waals surface area contributed by atoms with Crippen LogP contribution in [0.5, 0.6) is 0 Å². The van der Waals surface area contributed by atoms with Crippen molar-refractivity contribution in [3.8, 4) is 0 Å². The third-order valence-corrected chi connectivity index (χ3v) is 16.6.